The van der Waals surface area contributed by atoms with Gasteiger partial charge in [-0.15, -0.1) is 0 Å². The summed E-state index contributed by atoms with van der Waals surface area (Å²) in [6.07, 6.45) is 1.18. The fraction of sp³-hybridized carbons (Fsp3) is 0.500. The topological polar surface area (TPSA) is 42.2 Å². The molecule has 3 nitrogen and oxygen atoms in total. The van der Waals surface area contributed by atoms with Crippen LogP contribution >= 0.6 is 0 Å². The van der Waals surface area contributed by atoms with E-state index in [-0.39, 0.29) is 6.29 Å². The van der Waals surface area contributed by atoms with Crippen LogP contribution in [0.2, 0.25) is 0 Å². The lowest BCUT2D eigenvalue weighted by Gasteiger charge is -2.17. The summed E-state index contributed by atoms with van der Waals surface area (Å²) in [6, 6.07) is 11.6. The number of unbranched alkanes of at least 4 members (excludes halogenated alkanes) is 1. The molecule has 2 atom stereocenters. The Morgan fingerprint density at radius 1 is 1.29 bits per heavy atom. The van der Waals surface area contributed by atoms with Crippen LogP contribution in [-0.2, 0) is 9.47 Å². The number of ether oxygens (including phenoxy) is 2. The molecular formula is C14H19NO2. The van der Waals surface area contributed by atoms with Crippen LogP contribution in [0.25, 0.3) is 0 Å². The Morgan fingerprint density at radius 2 is 2.00 bits per heavy atom. The SMILES string of the molecule is CCCCOC(C)OC(C#N)c1ccccc1. The molecule has 0 aromatic heterocycles. The summed E-state index contributed by atoms with van der Waals surface area (Å²) in [5, 5.41) is 9.07. The van der Waals surface area contributed by atoms with Gasteiger partial charge >= 0.3 is 0 Å². The Balaban J connectivity index is 2.45. The Morgan fingerprint density at radius 3 is 2.59 bits per heavy atom. The van der Waals surface area contributed by atoms with Gasteiger partial charge in [-0.2, -0.15) is 5.26 Å². The lowest BCUT2D eigenvalue weighted by molar-refractivity contribution is -0.149. The predicted octanol–water partition coefficient (Wildman–Crippen LogP) is 3.43. The number of nitrogens with zero attached hydrogens (tertiary/aromatic N) is 1. The minimum Gasteiger partial charge on any atom is -0.353 e. The van der Waals surface area contributed by atoms with Gasteiger partial charge in [-0.05, 0) is 18.9 Å². The van der Waals surface area contributed by atoms with Crippen LogP contribution in [0.15, 0.2) is 30.3 Å². The molecule has 1 aromatic carbocycles. The zero-order chi connectivity index (χ0) is 12.5. The van der Waals surface area contributed by atoms with Crippen LogP contribution in [0.4, 0.5) is 0 Å². The van der Waals surface area contributed by atoms with Gasteiger partial charge in [0.15, 0.2) is 12.4 Å². The first-order chi connectivity index (χ1) is 8.27. The largest absolute Gasteiger partial charge is 0.353 e. The van der Waals surface area contributed by atoms with Crippen molar-refractivity contribution in [3.05, 3.63) is 35.9 Å². The second-order valence-corrected chi connectivity index (χ2v) is 3.85. The maximum absolute atomic E-state index is 9.07. The van der Waals surface area contributed by atoms with Crippen LogP contribution < -0.4 is 0 Å². The smallest absolute Gasteiger partial charge is 0.172 e. The van der Waals surface area contributed by atoms with Crippen LogP contribution in [-0.4, -0.2) is 12.9 Å². The molecule has 0 aliphatic carbocycles. The van der Waals surface area contributed by atoms with Gasteiger partial charge in [0.25, 0.3) is 0 Å². The van der Waals surface area contributed by atoms with E-state index < -0.39 is 6.10 Å². The molecule has 0 spiro atoms. The molecule has 1 rings (SSSR count). The summed E-state index contributed by atoms with van der Waals surface area (Å²) in [5.74, 6) is 0. The molecular weight excluding hydrogens is 214 g/mol. The van der Waals surface area contributed by atoms with Gasteiger partial charge in [0, 0.05) is 6.61 Å². The van der Waals surface area contributed by atoms with Gasteiger partial charge in [-0.1, -0.05) is 43.7 Å². The highest BCUT2D eigenvalue weighted by Gasteiger charge is 2.14. The normalized spacial score (nSPS) is 13.9. The third kappa shape index (κ3) is 4.99. The first kappa shape index (κ1) is 13.7. The molecule has 92 valence electrons. The molecule has 2 unspecified atom stereocenters. The van der Waals surface area contributed by atoms with E-state index >= 15 is 0 Å². The third-order valence-electron chi connectivity index (χ3n) is 2.40. The molecule has 1 aromatic rings. The highest BCUT2D eigenvalue weighted by molar-refractivity contribution is 5.21. The maximum atomic E-state index is 9.07. The van der Waals surface area contributed by atoms with Crippen molar-refractivity contribution in [2.24, 2.45) is 0 Å². The summed E-state index contributed by atoms with van der Waals surface area (Å²) in [6.45, 7) is 4.60. The molecule has 0 heterocycles. The van der Waals surface area contributed by atoms with Crippen molar-refractivity contribution < 1.29 is 9.47 Å². The fourth-order valence-corrected chi connectivity index (χ4v) is 1.44. The Hall–Kier alpha value is -1.37. The number of hydrogen-bond donors (Lipinski definition) is 0. The van der Waals surface area contributed by atoms with E-state index in [0.717, 1.165) is 18.4 Å². The predicted molar refractivity (Wildman–Crippen MR) is 66.2 cm³/mol. The van der Waals surface area contributed by atoms with Crippen molar-refractivity contribution in [1.29, 1.82) is 5.26 Å². The first-order valence-electron chi connectivity index (χ1n) is 5.99. The van der Waals surface area contributed by atoms with Gasteiger partial charge < -0.3 is 9.47 Å². The highest BCUT2D eigenvalue weighted by Crippen LogP contribution is 2.18. The van der Waals surface area contributed by atoms with E-state index in [4.69, 9.17) is 14.7 Å². The van der Waals surface area contributed by atoms with Crippen molar-refractivity contribution in [2.45, 2.75) is 39.1 Å². The van der Waals surface area contributed by atoms with E-state index in [9.17, 15) is 0 Å². The molecule has 0 amide bonds. The monoisotopic (exact) mass is 233 g/mol. The lowest BCUT2D eigenvalue weighted by atomic mass is 10.1. The molecule has 0 radical (unpaired) electrons. The zero-order valence-corrected chi connectivity index (χ0v) is 10.4. The van der Waals surface area contributed by atoms with Crippen LogP contribution in [0, 0.1) is 11.3 Å². The molecule has 0 fully saturated rings. The second kappa shape index (κ2) is 7.83. The molecule has 0 bridgehead atoms. The van der Waals surface area contributed by atoms with Crippen molar-refractivity contribution in [2.75, 3.05) is 6.61 Å². The Kier molecular flexibility index (Phi) is 6.31. The maximum Gasteiger partial charge on any atom is 0.172 e. The molecule has 17 heavy (non-hydrogen) atoms. The Labute approximate surface area is 103 Å². The summed E-state index contributed by atoms with van der Waals surface area (Å²) in [4.78, 5) is 0. The van der Waals surface area contributed by atoms with Crippen LogP contribution in [0.3, 0.4) is 0 Å². The van der Waals surface area contributed by atoms with Crippen LogP contribution in [0.1, 0.15) is 38.4 Å². The minimum absolute atomic E-state index is 0.355. The molecule has 3 heteroatoms. The zero-order valence-electron chi connectivity index (χ0n) is 10.4. The van der Waals surface area contributed by atoms with Gasteiger partial charge in [0.1, 0.15) is 0 Å². The second-order valence-electron chi connectivity index (χ2n) is 3.85. The third-order valence-corrected chi connectivity index (χ3v) is 2.40. The molecule has 0 N–H and O–H groups in total. The number of hydrogen-bond acceptors (Lipinski definition) is 3. The quantitative estimate of drug-likeness (QED) is 0.535. The van der Waals surface area contributed by atoms with Crippen molar-refractivity contribution in [3.8, 4) is 6.07 Å². The summed E-state index contributed by atoms with van der Waals surface area (Å²) >= 11 is 0. The van der Waals surface area contributed by atoms with Crippen molar-refractivity contribution >= 4 is 0 Å². The van der Waals surface area contributed by atoms with Gasteiger partial charge in [-0.3, -0.25) is 0 Å². The van der Waals surface area contributed by atoms with Crippen LogP contribution in [0.5, 0.6) is 0 Å². The molecule has 0 saturated carbocycles. The van der Waals surface area contributed by atoms with Gasteiger partial charge in [-0.25, -0.2) is 0 Å². The Bertz CT molecular complexity index is 345. The van der Waals surface area contributed by atoms with Crippen molar-refractivity contribution in [1.82, 2.24) is 0 Å². The van der Waals surface area contributed by atoms with Gasteiger partial charge in [0.05, 0.1) is 6.07 Å². The standard InChI is InChI=1S/C14H19NO2/c1-3-4-10-16-12(2)17-14(11-15)13-8-6-5-7-9-13/h5-9,12,14H,3-4,10H2,1-2H3. The number of nitriles is 1. The van der Waals surface area contributed by atoms with E-state index in [2.05, 4.69) is 13.0 Å². The number of benzene rings is 1. The number of rotatable bonds is 7. The highest BCUT2D eigenvalue weighted by atomic mass is 16.7. The minimum atomic E-state index is -0.562. The summed E-state index contributed by atoms with van der Waals surface area (Å²) in [7, 11) is 0. The van der Waals surface area contributed by atoms with E-state index in [1.54, 1.807) is 0 Å². The lowest BCUT2D eigenvalue weighted by Crippen LogP contribution is -2.16. The summed E-state index contributed by atoms with van der Waals surface area (Å²) < 4.78 is 11.0. The average Bonchev–Trinajstić information content (AvgIpc) is 2.37. The van der Waals surface area contributed by atoms with Crippen molar-refractivity contribution in [3.63, 3.8) is 0 Å². The summed E-state index contributed by atoms with van der Waals surface area (Å²) in [5.41, 5.74) is 0.862. The fourth-order valence-electron chi connectivity index (χ4n) is 1.44. The van der Waals surface area contributed by atoms with E-state index in [1.807, 2.05) is 37.3 Å². The average molecular weight is 233 g/mol. The van der Waals surface area contributed by atoms with E-state index in [0.29, 0.717) is 6.61 Å². The molecule has 0 saturated heterocycles. The van der Waals surface area contributed by atoms with E-state index in [1.165, 1.54) is 0 Å². The molecule has 0 aliphatic heterocycles. The first-order valence-corrected chi connectivity index (χ1v) is 5.99. The van der Waals surface area contributed by atoms with Gasteiger partial charge in [0.2, 0.25) is 0 Å². The molecule has 0 aliphatic rings.